The summed E-state index contributed by atoms with van der Waals surface area (Å²) < 4.78 is 1.96. The molecule has 2 heterocycles. The monoisotopic (exact) mass is 444 g/mol. The Kier molecular flexibility index (Phi) is 7.02. The Labute approximate surface area is 182 Å². The molecule has 0 fully saturated rings. The normalized spacial score (nSPS) is 11.9. The molecule has 2 N–H and O–H groups in total. The smallest absolute Gasteiger partial charge is 0.273 e. The van der Waals surface area contributed by atoms with E-state index in [0.29, 0.717) is 27.0 Å². The van der Waals surface area contributed by atoms with Crippen LogP contribution in [0.5, 0.6) is 0 Å². The van der Waals surface area contributed by atoms with Gasteiger partial charge < -0.3 is 10.6 Å². The summed E-state index contributed by atoms with van der Waals surface area (Å²) >= 11 is 7.06. The number of hydrogen-bond acceptors (Lipinski definition) is 5. The number of nitrogens with one attached hydrogen (secondary N) is 2. The van der Waals surface area contributed by atoms with Gasteiger partial charge in [0.1, 0.15) is 6.04 Å². The van der Waals surface area contributed by atoms with Gasteiger partial charge in [-0.1, -0.05) is 25.4 Å². The van der Waals surface area contributed by atoms with Crippen molar-refractivity contribution < 1.29 is 9.59 Å². The number of thiophene rings is 1. The van der Waals surface area contributed by atoms with Crippen molar-refractivity contribution in [2.75, 3.05) is 5.32 Å². The molecule has 9 heteroatoms. The Hall–Kier alpha value is -2.97. The quantitative estimate of drug-likeness (QED) is 0.580. The lowest BCUT2D eigenvalue weighted by Crippen LogP contribution is -2.44. The summed E-state index contributed by atoms with van der Waals surface area (Å²) in [5.74, 6) is -0.442. The van der Waals surface area contributed by atoms with E-state index in [4.69, 9.17) is 11.6 Å². The van der Waals surface area contributed by atoms with Crippen molar-refractivity contribution >= 4 is 40.4 Å². The molecule has 0 spiro atoms. The lowest BCUT2D eigenvalue weighted by Gasteiger charge is -2.20. The van der Waals surface area contributed by atoms with Crippen molar-refractivity contribution in [3.05, 3.63) is 74.6 Å². The van der Waals surface area contributed by atoms with E-state index in [-0.39, 0.29) is 23.3 Å². The van der Waals surface area contributed by atoms with Crippen molar-refractivity contribution in [1.29, 1.82) is 0 Å². The maximum absolute atomic E-state index is 12.8. The maximum atomic E-state index is 12.8. The number of rotatable bonds is 7. The first-order valence-corrected chi connectivity index (χ1v) is 10.5. The molecule has 0 saturated heterocycles. The number of hydrogen-bond donors (Lipinski definition) is 2. The Balaban J connectivity index is 1.71. The molecule has 3 rings (SSSR count). The lowest BCUT2D eigenvalue weighted by atomic mass is 10.0. The van der Waals surface area contributed by atoms with Gasteiger partial charge in [-0.15, -0.1) is 11.3 Å². The molecule has 3 aromatic rings. The number of aromatic nitrogens is 2. The fourth-order valence-corrected chi connectivity index (χ4v) is 3.81. The van der Waals surface area contributed by atoms with Crippen LogP contribution in [-0.2, 0) is 4.79 Å². The molecule has 0 saturated carbocycles. The molecular weight excluding hydrogens is 424 g/mol. The van der Waals surface area contributed by atoms with Crippen LogP contribution < -0.4 is 16.2 Å². The van der Waals surface area contributed by atoms with Crippen molar-refractivity contribution in [1.82, 2.24) is 14.9 Å². The standard InChI is InChI=1S/C21H21ClN4O3S/c1-13(2)11-16(25-21(29)17-7-8-18(22)30-17)20(28)24-14-3-5-15(6-4-14)26-10-9-23-12-19(26)27/h3-10,12-13,16H,11H2,1-2H3,(H,24,28)(H,25,29)/t16-/m1/s1. The fraction of sp³-hybridized carbons (Fsp3) is 0.238. The molecule has 0 aliphatic heterocycles. The highest BCUT2D eigenvalue weighted by Crippen LogP contribution is 2.22. The zero-order chi connectivity index (χ0) is 21.7. The summed E-state index contributed by atoms with van der Waals surface area (Å²) in [5, 5.41) is 5.62. The lowest BCUT2D eigenvalue weighted by molar-refractivity contribution is -0.118. The van der Waals surface area contributed by atoms with Crippen molar-refractivity contribution in [3.63, 3.8) is 0 Å². The summed E-state index contributed by atoms with van der Waals surface area (Å²) in [6.45, 7) is 3.96. The number of anilines is 1. The van der Waals surface area contributed by atoms with Gasteiger partial charge in [-0.3, -0.25) is 23.9 Å². The highest BCUT2D eigenvalue weighted by Gasteiger charge is 2.23. The number of halogens is 1. The molecular formula is C21H21ClN4O3S. The van der Waals surface area contributed by atoms with Crippen LogP contribution in [-0.4, -0.2) is 27.4 Å². The van der Waals surface area contributed by atoms with Gasteiger partial charge >= 0.3 is 0 Å². The van der Waals surface area contributed by atoms with E-state index < -0.39 is 6.04 Å². The zero-order valence-electron chi connectivity index (χ0n) is 16.5. The van der Waals surface area contributed by atoms with Crippen molar-refractivity contribution in [2.24, 2.45) is 5.92 Å². The van der Waals surface area contributed by atoms with E-state index in [1.807, 2.05) is 13.8 Å². The molecule has 2 amide bonds. The third-order valence-corrected chi connectivity index (χ3v) is 5.49. The second-order valence-electron chi connectivity index (χ2n) is 7.08. The molecule has 0 unspecified atom stereocenters. The molecule has 0 radical (unpaired) electrons. The van der Waals surface area contributed by atoms with Gasteiger partial charge in [0.25, 0.3) is 11.5 Å². The topological polar surface area (TPSA) is 93.1 Å². The van der Waals surface area contributed by atoms with Crippen LogP contribution in [0.2, 0.25) is 4.34 Å². The Bertz CT molecular complexity index is 1090. The molecule has 0 bridgehead atoms. The number of carbonyl (C=O) groups is 2. The molecule has 1 atom stereocenters. The van der Waals surface area contributed by atoms with Crippen LogP contribution >= 0.6 is 22.9 Å². The third-order valence-electron chi connectivity index (χ3n) is 4.26. The van der Waals surface area contributed by atoms with Crippen molar-refractivity contribution in [2.45, 2.75) is 26.3 Å². The summed E-state index contributed by atoms with van der Waals surface area (Å²) in [6.07, 6.45) is 4.81. The Morgan fingerprint density at radius 3 is 2.50 bits per heavy atom. The van der Waals surface area contributed by atoms with Gasteiger partial charge in [0.05, 0.1) is 15.4 Å². The Morgan fingerprint density at radius 1 is 1.17 bits per heavy atom. The first-order chi connectivity index (χ1) is 14.3. The van der Waals surface area contributed by atoms with Gasteiger partial charge in [-0.05, 0) is 48.7 Å². The molecule has 2 aromatic heterocycles. The molecule has 0 aliphatic rings. The highest BCUT2D eigenvalue weighted by molar-refractivity contribution is 7.18. The van der Waals surface area contributed by atoms with Gasteiger partial charge in [0.15, 0.2) is 0 Å². The SMILES string of the molecule is CC(C)C[C@@H](NC(=O)c1ccc(Cl)s1)C(=O)Nc1ccc(-n2ccncc2=O)cc1. The van der Waals surface area contributed by atoms with Crippen LogP contribution in [0.15, 0.2) is 59.8 Å². The third kappa shape index (κ3) is 5.55. The van der Waals surface area contributed by atoms with Crippen molar-refractivity contribution in [3.8, 4) is 5.69 Å². The van der Waals surface area contributed by atoms with E-state index in [1.165, 1.54) is 17.0 Å². The minimum absolute atomic E-state index is 0.203. The van der Waals surface area contributed by atoms with E-state index in [2.05, 4.69) is 15.6 Å². The summed E-state index contributed by atoms with van der Waals surface area (Å²) in [5.41, 5.74) is 0.970. The van der Waals surface area contributed by atoms with E-state index in [0.717, 1.165) is 11.3 Å². The summed E-state index contributed by atoms with van der Waals surface area (Å²) in [4.78, 5) is 41.4. The summed E-state index contributed by atoms with van der Waals surface area (Å²) in [7, 11) is 0. The Morgan fingerprint density at radius 2 is 1.90 bits per heavy atom. The van der Waals surface area contributed by atoms with E-state index >= 15 is 0 Å². The van der Waals surface area contributed by atoms with Gasteiger partial charge in [0.2, 0.25) is 5.91 Å². The molecule has 156 valence electrons. The first-order valence-electron chi connectivity index (χ1n) is 9.33. The van der Waals surface area contributed by atoms with Gasteiger partial charge in [-0.25, -0.2) is 0 Å². The predicted octanol–water partition coefficient (Wildman–Crippen LogP) is 3.73. The number of carbonyl (C=O) groups excluding carboxylic acids is 2. The zero-order valence-corrected chi connectivity index (χ0v) is 18.0. The first kappa shape index (κ1) is 21.7. The molecule has 30 heavy (non-hydrogen) atoms. The van der Waals surface area contributed by atoms with Crippen LogP contribution in [0.25, 0.3) is 5.69 Å². The van der Waals surface area contributed by atoms with Gasteiger partial charge in [-0.2, -0.15) is 0 Å². The minimum atomic E-state index is -0.694. The maximum Gasteiger partial charge on any atom is 0.273 e. The van der Waals surface area contributed by atoms with Gasteiger partial charge in [0, 0.05) is 23.8 Å². The number of nitrogens with zero attached hydrogens (tertiary/aromatic N) is 2. The largest absolute Gasteiger partial charge is 0.340 e. The molecule has 1 aromatic carbocycles. The second kappa shape index (κ2) is 9.69. The minimum Gasteiger partial charge on any atom is -0.340 e. The van der Waals surface area contributed by atoms with Crippen LogP contribution in [0.3, 0.4) is 0 Å². The van der Waals surface area contributed by atoms with Crippen LogP contribution in [0.4, 0.5) is 5.69 Å². The average molecular weight is 445 g/mol. The number of benzene rings is 1. The summed E-state index contributed by atoms with van der Waals surface area (Å²) in [6, 6.07) is 9.43. The fourth-order valence-electron chi connectivity index (χ4n) is 2.86. The number of amides is 2. The predicted molar refractivity (Wildman–Crippen MR) is 119 cm³/mol. The van der Waals surface area contributed by atoms with E-state index in [1.54, 1.807) is 42.6 Å². The second-order valence-corrected chi connectivity index (χ2v) is 8.80. The van der Waals surface area contributed by atoms with E-state index in [9.17, 15) is 14.4 Å². The molecule has 0 aliphatic carbocycles. The van der Waals surface area contributed by atoms with Crippen LogP contribution in [0.1, 0.15) is 29.9 Å². The molecule has 7 nitrogen and oxygen atoms in total. The average Bonchev–Trinajstić information content (AvgIpc) is 3.15. The highest BCUT2D eigenvalue weighted by atomic mass is 35.5. The van der Waals surface area contributed by atoms with Crippen LogP contribution in [0, 0.1) is 5.92 Å².